The minimum Gasteiger partial charge on any atom is -0.494 e. The van der Waals surface area contributed by atoms with Crippen LogP contribution in [0.25, 0.3) is 0 Å². The van der Waals surface area contributed by atoms with Crippen molar-refractivity contribution in [3.8, 4) is 5.75 Å². The van der Waals surface area contributed by atoms with E-state index >= 15 is 0 Å². The molecule has 0 saturated heterocycles. The van der Waals surface area contributed by atoms with Crippen LogP contribution in [0.3, 0.4) is 0 Å². The Morgan fingerprint density at radius 2 is 2.26 bits per heavy atom. The van der Waals surface area contributed by atoms with Crippen LogP contribution in [-0.4, -0.2) is 19.7 Å². The highest BCUT2D eigenvalue weighted by molar-refractivity contribution is 9.10. The molecule has 0 aromatic heterocycles. The lowest BCUT2D eigenvalue weighted by Gasteiger charge is -2.26. The van der Waals surface area contributed by atoms with Gasteiger partial charge in [0.05, 0.1) is 6.61 Å². The average molecular weight is 326 g/mol. The van der Waals surface area contributed by atoms with E-state index in [0.717, 1.165) is 36.2 Å². The molecule has 1 aromatic rings. The van der Waals surface area contributed by atoms with Crippen LogP contribution in [0.2, 0.25) is 0 Å². The molecular formula is C16H24BrNO. The van der Waals surface area contributed by atoms with Crippen LogP contribution >= 0.6 is 15.9 Å². The van der Waals surface area contributed by atoms with E-state index in [1.54, 1.807) is 0 Å². The van der Waals surface area contributed by atoms with Crippen LogP contribution < -0.4 is 10.1 Å². The number of ether oxygens (including phenoxy) is 1. The molecule has 0 bridgehead atoms. The summed E-state index contributed by atoms with van der Waals surface area (Å²) in [7, 11) is 0. The molecule has 1 rings (SSSR count). The topological polar surface area (TPSA) is 21.3 Å². The first-order valence-corrected chi connectivity index (χ1v) is 7.61. The smallest absolute Gasteiger partial charge is 0.120 e. The van der Waals surface area contributed by atoms with Crippen LogP contribution in [0.1, 0.15) is 26.7 Å². The first-order valence-electron chi connectivity index (χ1n) is 6.82. The lowest BCUT2D eigenvalue weighted by molar-refractivity contribution is 0.244. The van der Waals surface area contributed by atoms with Crippen molar-refractivity contribution < 1.29 is 4.74 Å². The lowest BCUT2D eigenvalue weighted by Crippen LogP contribution is -2.32. The molecule has 2 nitrogen and oxygen atoms in total. The SMILES string of the molecule is C=CC(C)(CCOc1cccc(Br)c1)CNCCC. The van der Waals surface area contributed by atoms with Crippen molar-refractivity contribution in [1.82, 2.24) is 5.32 Å². The van der Waals surface area contributed by atoms with Gasteiger partial charge in [0.2, 0.25) is 0 Å². The van der Waals surface area contributed by atoms with Gasteiger partial charge in [-0.3, -0.25) is 0 Å². The Morgan fingerprint density at radius 3 is 2.89 bits per heavy atom. The van der Waals surface area contributed by atoms with Gasteiger partial charge < -0.3 is 10.1 Å². The van der Waals surface area contributed by atoms with Gasteiger partial charge in [0, 0.05) is 16.4 Å². The molecule has 0 aliphatic heterocycles. The minimum absolute atomic E-state index is 0.0845. The zero-order valence-corrected chi connectivity index (χ0v) is 13.5. The Hall–Kier alpha value is -0.800. The highest BCUT2D eigenvalue weighted by Gasteiger charge is 2.19. The molecule has 0 aliphatic carbocycles. The van der Waals surface area contributed by atoms with Crippen LogP contribution in [0.4, 0.5) is 0 Å². The maximum Gasteiger partial charge on any atom is 0.120 e. The Morgan fingerprint density at radius 1 is 1.47 bits per heavy atom. The zero-order chi connectivity index (χ0) is 14.1. The van der Waals surface area contributed by atoms with Crippen LogP contribution in [0.5, 0.6) is 5.75 Å². The predicted molar refractivity (Wildman–Crippen MR) is 85.7 cm³/mol. The largest absolute Gasteiger partial charge is 0.494 e. The van der Waals surface area contributed by atoms with Crippen molar-refractivity contribution in [2.45, 2.75) is 26.7 Å². The maximum atomic E-state index is 5.79. The van der Waals surface area contributed by atoms with Crippen molar-refractivity contribution in [1.29, 1.82) is 0 Å². The fourth-order valence-corrected chi connectivity index (χ4v) is 2.15. The lowest BCUT2D eigenvalue weighted by atomic mass is 9.87. The molecule has 0 aliphatic rings. The van der Waals surface area contributed by atoms with E-state index in [1.807, 2.05) is 30.3 Å². The minimum atomic E-state index is 0.0845. The molecule has 0 fully saturated rings. The third-order valence-electron chi connectivity index (χ3n) is 3.19. The molecule has 19 heavy (non-hydrogen) atoms. The number of halogens is 1. The highest BCUT2D eigenvalue weighted by atomic mass is 79.9. The van der Waals surface area contributed by atoms with Gasteiger partial charge in [0.1, 0.15) is 5.75 Å². The summed E-state index contributed by atoms with van der Waals surface area (Å²) in [6.07, 6.45) is 4.14. The number of hydrogen-bond acceptors (Lipinski definition) is 2. The molecule has 1 unspecified atom stereocenters. The first kappa shape index (κ1) is 16.3. The number of nitrogens with one attached hydrogen (secondary N) is 1. The summed E-state index contributed by atoms with van der Waals surface area (Å²) in [5.74, 6) is 0.905. The van der Waals surface area contributed by atoms with Crippen molar-refractivity contribution >= 4 is 15.9 Å². The maximum absolute atomic E-state index is 5.79. The molecule has 1 N–H and O–H groups in total. The van der Waals surface area contributed by atoms with Crippen molar-refractivity contribution in [3.05, 3.63) is 41.4 Å². The summed E-state index contributed by atoms with van der Waals surface area (Å²) in [5.41, 5.74) is 0.0845. The van der Waals surface area contributed by atoms with E-state index in [2.05, 4.69) is 41.7 Å². The van der Waals surface area contributed by atoms with E-state index in [1.165, 1.54) is 0 Å². The van der Waals surface area contributed by atoms with Crippen molar-refractivity contribution in [2.24, 2.45) is 5.41 Å². The molecule has 0 amide bonds. The predicted octanol–water partition coefficient (Wildman–Crippen LogP) is 4.41. The van der Waals surface area contributed by atoms with Gasteiger partial charge in [-0.25, -0.2) is 0 Å². The van der Waals surface area contributed by atoms with Gasteiger partial charge in [-0.2, -0.15) is 0 Å². The van der Waals surface area contributed by atoms with Gasteiger partial charge >= 0.3 is 0 Å². The second kappa shape index (κ2) is 8.39. The Bertz CT molecular complexity index is 394. The summed E-state index contributed by atoms with van der Waals surface area (Å²) >= 11 is 3.44. The number of rotatable bonds is 9. The Labute approximate surface area is 125 Å². The standard InChI is InChI=1S/C16H24BrNO/c1-4-10-18-13-16(3,5-2)9-11-19-15-8-6-7-14(17)12-15/h5-8,12,18H,2,4,9-11,13H2,1,3H3. The Balaban J connectivity index is 2.38. The van der Waals surface area contributed by atoms with Crippen molar-refractivity contribution in [3.63, 3.8) is 0 Å². The fraction of sp³-hybridized carbons (Fsp3) is 0.500. The van der Waals surface area contributed by atoms with Crippen LogP contribution in [0, 0.1) is 5.41 Å². The second-order valence-electron chi connectivity index (χ2n) is 5.09. The van der Waals surface area contributed by atoms with Gasteiger partial charge in [0.15, 0.2) is 0 Å². The van der Waals surface area contributed by atoms with Gasteiger partial charge in [-0.05, 0) is 37.6 Å². The molecule has 106 valence electrons. The van der Waals surface area contributed by atoms with Gasteiger partial charge in [0.25, 0.3) is 0 Å². The first-order chi connectivity index (χ1) is 9.09. The second-order valence-corrected chi connectivity index (χ2v) is 6.01. The number of hydrogen-bond donors (Lipinski definition) is 1. The summed E-state index contributed by atoms with van der Waals surface area (Å²) in [6.45, 7) is 11.0. The normalized spacial score (nSPS) is 13.8. The zero-order valence-electron chi connectivity index (χ0n) is 11.9. The monoisotopic (exact) mass is 325 g/mol. The molecule has 1 aromatic carbocycles. The third kappa shape index (κ3) is 6.26. The average Bonchev–Trinajstić information content (AvgIpc) is 2.39. The molecule has 1 atom stereocenters. The Kier molecular flexibility index (Phi) is 7.17. The van der Waals surface area contributed by atoms with Crippen LogP contribution in [-0.2, 0) is 0 Å². The van der Waals surface area contributed by atoms with E-state index in [0.29, 0.717) is 6.61 Å². The molecular weight excluding hydrogens is 302 g/mol. The van der Waals surface area contributed by atoms with E-state index < -0.39 is 0 Å². The summed E-state index contributed by atoms with van der Waals surface area (Å²) in [5, 5.41) is 3.45. The highest BCUT2D eigenvalue weighted by Crippen LogP contribution is 2.23. The molecule has 0 saturated carbocycles. The van der Waals surface area contributed by atoms with E-state index in [-0.39, 0.29) is 5.41 Å². The van der Waals surface area contributed by atoms with Crippen LogP contribution in [0.15, 0.2) is 41.4 Å². The van der Waals surface area contributed by atoms with Gasteiger partial charge in [-0.1, -0.05) is 41.9 Å². The summed E-state index contributed by atoms with van der Waals surface area (Å²) in [4.78, 5) is 0. The quantitative estimate of drug-likeness (QED) is 0.536. The summed E-state index contributed by atoms with van der Waals surface area (Å²) in [6, 6.07) is 7.94. The fourth-order valence-electron chi connectivity index (χ4n) is 1.77. The van der Waals surface area contributed by atoms with Gasteiger partial charge in [-0.15, -0.1) is 6.58 Å². The van der Waals surface area contributed by atoms with E-state index in [9.17, 15) is 0 Å². The van der Waals surface area contributed by atoms with E-state index in [4.69, 9.17) is 4.74 Å². The molecule has 3 heteroatoms. The van der Waals surface area contributed by atoms with Crippen molar-refractivity contribution in [2.75, 3.05) is 19.7 Å². The summed E-state index contributed by atoms with van der Waals surface area (Å²) < 4.78 is 6.83. The third-order valence-corrected chi connectivity index (χ3v) is 3.68. The molecule has 0 heterocycles. The molecule has 0 spiro atoms. The number of benzene rings is 1. The molecule has 0 radical (unpaired) electrons.